The van der Waals surface area contributed by atoms with Gasteiger partial charge in [-0.2, -0.15) is 0 Å². The summed E-state index contributed by atoms with van der Waals surface area (Å²) < 4.78 is 0. The van der Waals surface area contributed by atoms with Gasteiger partial charge in [0.15, 0.2) is 0 Å². The maximum absolute atomic E-state index is 12.1. The average Bonchev–Trinajstić information content (AvgIpc) is 2.48. The molecule has 1 amide bonds. The lowest BCUT2D eigenvalue weighted by Crippen LogP contribution is -2.11. The van der Waals surface area contributed by atoms with Gasteiger partial charge in [-0.05, 0) is 42.5 Å². The molecule has 0 bridgehead atoms. The minimum Gasteiger partial charge on any atom is -0.368 e. The van der Waals surface area contributed by atoms with Crippen molar-refractivity contribution in [3.63, 3.8) is 0 Å². The Morgan fingerprint density at radius 1 is 1.14 bits per heavy atom. The quantitative estimate of drug-likeness (QED) is 0.751. The molecule has 1 aromatic heterocycles. The van der Waals surface area contributed by atoms with Crippen molar-refractivity contribution in [1.82, 2.24) is 9.97 Å². The minimum atomic E-state index is -0.206. The lowest BCUT2D eigenvalue weighted by Gasteiger charge is -2.06. The highest BCUT2D eigenvalue weighted by molar-refractivity contribution is 6.30. The third-order valence-corrected chi connectivity index (χ3v) is 3.21. The summed E-state index contributed by atoms with van der Waals surface area (Å²) in [6.07, 6.45) is 1.62. The van der Waals surface area contributed by atoms with Crippen LogP contribution in [0.1, 0.15) is 10.4 Å². The van der Waals surface area contributed by atoms with Gasteiger partial charge in [0, 0.05) is 27.9 Å². The Labute approximate surface area is 137 Å². The van der Waals surface area contributed by atoms with Crippen molar-refractivity contribution in [2.75, 3.05) is 11.1 Å². The van der Waals surface area contributed by atoms with Crippen LogP contribution in [0.15, 0.2) is 48.7 Å². The van der Waals surface area contributed by atoms with E-state index in [1.54, 1.807) is 48.7 Å². The number of aromatic nitrogens is 2. The van der Waals surface area contributed by atoms with Crippen LogP contribution in [0.3, 0.4) is 0 Å². The lowest BCUT2D eigenvalue weighted by atomic mass is 10.2. The van der Waals surface area contributed by atoms with E-state index in [9.17, 15) is 4.79 Å². The zero-order chi connectivity index (χ0) is 14.8. The Balaban J connectivity index is 0.00000176. The van der Waals surface area contributed by atoms with Crippen LogP contribution in [0.5, 0.6) is 0 Å². The Morgan fingerprint density at radius 3 is 2.59 bits per heavy atom. The molecule has 0 aliphatic heterocycles. The summed E-state index contributed by atoms with van der Waals surface area (Å²) in [7, 11) is 0. The predicted molar refractivity (Wildman–Crippen MR) is 90.6 cm³/mol. The molecule has 3 aromatic rings. The first kappa shape index (κ1) is 16.0. The van der Waals surface area contributed by atoms with Crippen molar-refractivity contribution < 1.29 is 4.79 Å². The highest BCUT2D eigenvalue weighted by Crippen LogP contribution is 2.18. The van der Waals surface area contributed by atoms with Gasteiger partial charge in [-0.3, -0.25) is 4.79 Å². The molecule has 0 fully saturated rings. The number of nitrogens with zero attached hydrogens (tertiary/aromatic N) is 2. The van der Waals surface area contributed by atoms with E-state index in [2.05, 4.69) is 15.3 Å². The van der Waals surface area contributed by atoms with E-state index in [4.69, 9.17) is 17.3 Å². The first-order chi connectivity index (χ1) is 10.1. The Bertz CT molecular complexity index is 821. The summed E-state index contributed by atoms with van der Waals surface area (Å²) in [4.78, 5) is 20.1. The van der Waals surface area contributed by atoms with Crippen LogP contribution >= 0.6 is 24.0 Å². The second-order valence-corrected chi connectivity index (χ2v) is 4.90. The normalized spacial score (nSPS) is 10.0. The van der Waals surface area contributed by atoms with Gasteiger partial charge >= 0.3 is 0 Å². The topological polar surface area (TPSA) is 80.9 Å². The van der Waals surface area contributed by atoms with Gasteiger partial charge in [-0.1, -0.05) is 11.6 Å². The highest BCUT2D eigenvalue weighted by atomic mass is 35.5. The van der Waals surface area contributed by atoms with Gasteiger partial charge in [0.2, 0.25) is 5.95 Å². The fourth-order valence-electron chi connectivity index (χ4n) is 1.93. The van der Waals surface area contributed by atoms with Crippen LogP contribution in [0.2, 0.25) is 5.02 Å². The number of fused-ring (bicyclic) bond motifs is 1. The number of carbonyl (C=O) groups excluding carboxylic acids is 1. The maximum Gasteiger partial charge on any atom is 0.255 e. The van der Waals surface area contributed by atoms with Crippen molar-refractivity contribution in [2.45, 2.75) is 0 Å². The summed E-state index contributed by atoms with van der Waals surface area (Å²) in [5.41, 5.74) is 7.45. The molecular weight excluding hydrogens is 323 g/mol. The molecule has 3 N–H and O–H groups in total. The number of halogens is 2. The Hall–Kier alpha value is -2.37. The Kier molecular flexibility index (Phi) is 4.80. The second kappa shape index (κ2) is 6.60. The standard InChI is InChI=1S/C15H11ClN4O.ClH/c16-11-3-1-9(2-4-11)14(21)19-12-5-6-13-10(7-12)8-18-15(17)20-13;/h1-8H,(H,19,21)(H2,17,18,20);1H. The molecule has 7 heteroatoms. The zero-order valence-corrected chi connectivity index (χ0v) is 12.9. The molecule has 0 unspecified atom stereocenters. The van der Waals surface area contributed by atoms with Gasteiger partial charge in [0.25, 0.3) is 5.91 Å². The number of nitrogens with one attached hydrogen (secondary N) is 1. The number of nitrogen functional groups attached to an aromatic ring is 1. The van der Waals surface area contributed by atoms with Crippen molar-refractivity contribution >= 4 is 52.5 Å². The summed E-state index contributed by atoms with van der Waals surface area (Å²) in [5.74, 6) is 0.0165. The summed E-state index contributed by atoms with van der Waals surface area (Å²) >= 11 is 5.80. The van der Waals surface area contributed by atoms with E-state index in [1.807, 2.05) is 0 Å². The Morgan fingerprint density at radius 2 is 1.86 bits per heavy atom. The molecule has 0 aliphatic rings. The van der Waals surface area contributed by atoms with E-state index in [0.29, 0.717) is 16.3 Å². The maximum atomic E-state index is 12.1. The molecule has 0 spiro atoms. The average molecular weight is 335 g/mol. The molecule has 0 saturated heterocycles. The van der Waals surface area contributed by atoms with E-state index >= 15 is 0 Å². The van der Waals surface area contributed by atoms with Crippen LogP contribution in [-0.4, -0.2) is 15.9 Å². The SMILES string of the molecule is Cl.Nc1ncc2cc(NC(=O)c3ccc(Cl)cc3)ccc2n1. The minimum absolute atomic E-state index is 0. The van der Waals surface area contributed by atoms with E-state index in [0.717, 1.165) is 10.9 Å². The van der Waals surface area contributed by atoms with Crippen molar-refractivity contribution in [3.8, 4) is 0 Å². The van der Waals surface area contributed by atoms with Crippen LogP contribution in [-0.2, 0) is 0 Å². The first-order valence-corrected chi connectivity index (χ1v) is 6.59. The first-order valence-electron chi connectivity index (χ1n) is 6.21. The summed E-state index contributed by atoms with van der Waals surface area (Å²) in [6, 6.07) is 12.0. The molecule has 5 nitrogen and oxygen atoms in total. The van der Waals surface area contributed by atoms with Crippen LogP contribution in [0.25, 0.3) is 10.9 Å². The third-order valence-electron chi connectivity index (χ3n) is 2.96. The zero-order valence-electron chi connectivity index (χ0n) is 11.3. The van der Waals surface area contributed by atoms with E-state index in [-0.39, 0.29) is 24.3 Å². The number of anilines is 2. The van der Waals surface area contributed by atoms with Gasteiger partial charge in [0.1, 0.15) is 0 Å². The van der Waals surface area contributed by atoms with Gasteiger partial charge in [-0.15, -0.1) is 12.4 Å². The van der Waals surface area contributed by atoms with Crippen molar-refractivity contribution in [2.24, 2.45) is 0 Å². The van der Waals surface area contributed by atoms with Crippen molar-refractivity contribution in [3.05, 3.63) is 59.2 Å². The molecule has 1 heterocycles. The number of amides is 1. The summed E-state index contributed by atoms with van der Waals surface area (Å²) in [5, 5.41) is 4.21. The van der Waals surface area contributed by atoms with Gasteiger partial charge in [-0.25, -0.2) is 9.97 Å². The van der Waals surface area contributed by atoms with Crippen LogP contribution in [0.4, 0.5) is 11.6 Å². The van der Waals surface area contributed by atoms with Gasteiger partial charge in [0.05, 0.1) is 5.52 Å². The second-order valence-electron chi connectivity index (χ2n) is 4.46. The summed E-state index contributed by atoms with van der Waals surface area (Å²) in [6.45, 7) is 0. The molecule has 0 radical (unpaired) electrons. The molecule has 0 aliphatic carbocycles. The molecule has 2 aromatic carbocycles. The largest absolute Gasteiger partial charge is 0.368 e. The molecule has 0 saturated carbocycles. The molecule has 0 atom stereocenters. The van der Waals surface area contributed by atoms with Crippen LogP contribution < -0.4 is 11.1 Å². The lowest BCUT2D eigenvalue weighted by molar-refractivity contribution is 0.102. The molecular formula is C15H12Cl2N4O. The number of benzene rings is 2. The molecule has 3 rings (SSSR count). The third kappa shape index (κ3) is 3.44. The van der Waals surface area contributed by atoms with E-state index < -0.39 is 0 Å². The van der Waals surface area contributed by atoms with E-state index in [1.165, 1.54) is 0 Å². The fourth-order valence-corrected chi connectivity index (χ4v) is 2.06. The smallest absolute Gasteiger partial charge is 0.255 e. The molecule has 22 heavy (non-hydrogen) atoms. The number of carbonyl (C=O) groups is 1. The predicted octanol–water partition coefficient (Wildman–Crippen LogP) is 3.54. The number of hydrogen-bond acceptors (Lipinski definition) is 4. The number of hydrogen-bond donors (Lipinski definition) is 2. The van der Waals surface area contributed by atoms with Crippen LogP contribution in [0, 0.1) is 0 Å². The number of rotatable bonds is 2. The van der Waals surface area contributed by atoms with Gasteiger partial charge < -0.3 is 11.1 Å². The number of nitrogens with two attached hydrogens (primary N) is 1. The molecule has 112 valence electrons. The highest BCUT2D eigenvalue weighted by Gasteiger charge is 2.07. The monoisotopic (exact) mass is 334 g/mol. The fraction of sp³-hybridized carbons (Fsp3) is 0. The van der Waals surface area contributed by atoms with Crippen molar-refractivity contribution in [1.29, 1.82) is 0 Å².